The molecule has 0 aromatic rings. The second-order valence-corrected chi connectivity index (χ2v) is 6.51. The van der Waals surface area contributed by atoms with E-state index in [0.29, 0.717) is 6.61 Å². The highest BCUT2D eigenvalue weighted by Gasteiger charge is 2.38. The summed E-state index contributed by atoms with van der Waals surface area (Å²) in [6.45, 7) is 11.6. The monoisotopic (exact) mass is 295 g/mol. The van der Waals surface area contributed by atoms with Gasteiger partial charge in [-0.25, -0.2) is 4.79 Å². The van der Waals surface area contributed by atoms with Crippen LogP contribution in [0.5, 0.6) is 0 Å². The average molecular weight is 295 g/mol. The molecule has 1 fully saturated rings. The second-order valence-electron chi connectivity index (χ2n) is 6.51. The van der Waals surface area contributed by atoms with E-state index in [1.54, 1.807) is 11.8 Å². The van der Waals surface area contributed by atoms with Crippen LogP contribution in [0.15, 0.2) is 0 Å². The molecule has 0 saturated carbocycles. The van der Waals surface area contributed by atoms with Gasteiger partial charge in [-0.05, 0) is 39.5 Å². The Morgan fingerprint density at radius 2 is 1.95 bits per heavy atom. The van der Waals surface area contributed by atoms with E-state index in [9.17, 15) is 9.59 Å². The van der Waals surface area contributed by atoms with Crippen LogP contribution >= 0.6 is 0 Å². The highest BCUT2D eigenvalue weighted by Crippen LogP contribution is 2.22. The molecule has 1 aliphatic heterocycles. The predicted molar refractivity (Wildman–Crippen MR) is 79.8 cm³/mol. The molecule has 1 saturated heterocycles. The van der Waals surface area contributed by atoms with Crippen molar-refractivity contribution in [1.29, 1.82) is 0 Å². The maximum atomic E-state index is 12.4. The fourth-order valence-corrected chi connectivity index (χ4v) is 2.12. The molecule has 0 spiro atoms. The molecule has 2 atom stereocenters. The first-order valence-corrected chi connectivity index (χ1v) is 7.23. The van der Waals surface area contributed by atoms with Gasteiger partial charge in [0.2, 0.25) is 5.78 Å². The molecule has 0 aliphatic carbocycles. The van der Waals surface area contributed by atoms with Crippen molar-refractivity contribution in [1.82, 2.24) is 4.90 Å². The fourth-order valence-electron chi connectivity index (χ4n) is 2.12. The van der Waals surface area contributed by atoms with Gasteiger partial charge in [-0.2, -0.15) is 0 Å². The van der Waals surface area contributed by atoms with E-state index < -0.39 is 17.8 Å². The molecule has 0 radical (unpaired) electrons. The number of Topliss-reactive ketones (excluding diaryl/α,β-unsaturated/α-hetero) is 1. The van der Waals surface area contributed by atoms with Gasteiger partial charge in [0.25, 0.3) is 0 Å². The highest BCUT2D eigenvalue weighted by atomic mass is 16.6. The normalized spacial score (nSPS) is 22.5. The molecule has 0 aromatic heterocycles. The standard InChI is InChI=1S/C16H25NO4/c1-7-8-13(18)14-9-17(12(10-20-14)11(2)3)15(19)21-16(4,5)6/h11-12,14H,9-10H2,1-6H3/t12-,14?/m1/s1. The molecule has 5 nitrogen and oxygen atoms in total. The second kappa shape index (κ2) is 6.95. The lowest BCUT2D eigenvalue weighted by Gasteiger charge is -2.41. The van der Waals surface area contributed by atoms with Gasteiger partial charge in [-0.15, -0.1) is 0 Å². The van der Waals surface area contributed by atoms with Gasteiger partial charge >= 0.3 is 6.09 Å². The van der Waals surface area contributed by atoms with E-state index in [1.807, 2.05) is 34.6 Å². The minimum absolute atomic E-state index is 0.0986. The Morgan fingerprint density at radius 1 is 1.33 bits per heavy atom. The molecule has 0 N–H and O–H groups in total. The van der Waals surface area contributed by atoms with Crippen LogP contribution in [-0.2, 0) is 14.3 Å². The number of carbonyl (C=O) groups excluding carboxylic acids is 2. The van der Waals surface area contributed by atoms with Crippen molar-refractivity contribution in [3.05, 3.63) is 0 Å². The average Bonchev–Trinajstić information content (AvgIpc) is 2.36. The molecule has 0 aromatic carbocycles. The number of hydrogen-bond acceptors (Lipinski definition) is 4. The summed E-state index contributed by atoms with van der Waals surface area (Å²) < 4.78 is 11.0. The summed E-state index contributed by atoms with van der Waals surface area (Å²) in [6, 6.07) is -0.0986. The smallest absolute Gasteiger partial charge is 0.410 e. The van der Waals surface area contributed by atoms with Gasteiger partial charge in [0.05, 0.1) is 19.2 Å². The van der Waals surface area contributed by atoms with Gasteiger partial charge in [-0.3, -0.25) is 9.69 Å². The molecule has 1 rings (SSSR count). The van der Waals surface area contributed by atoms with Crippen LogP contribution in [-0.4, -0.2) is 47.7 Å². The Morgan fingerprint density at radius 3 is 2.43 bits per heavy atom. The lowest BCUT2D eigenvalue weighted by molar-refractivity contribution is -0.135. The van der Waals surface area contributed by atoms with Crippen LogP contribution in [0.2, 0.25) is 0 Å². The number of amides is 1. The fraction of sp³-hybridized carbons (Fsp3) is 0.750. The van der Waals surface area contributed by atoms with E-state index in [2.05, 4.69) is 11.8 Å². The third kappa shape index (κ3) is 5.05. The zero-order chi connectivity index (χ0) is 16.2. The minimum Gasteiger partial charge on any atom is -0.444 e. The van der Waals surface area contributed by atoms with Crippen molar-refractivity contribution < 1.29 is 19.1 Å². The molecule has 5 heteroatoms. The van der Waals surface area contributed by atoms with Crippen LogP contribution in [0.3, 0.4) is 0 Å². The molecular weight excluding hydrogens is 270 g/mol. The Hall–Kier alpha value is -1.54. The summed E-state index contributed by atoms with van der Waals surface area (Å²) in [5, 5.41) is 0. The maximum Gasteiger partial charge on any atom is 0.410 e. The van der Waals surface area contributed by atoms with Crippen molar-refractivity contribution >= 4 is 11.9 Å². The number of morpholine rings is 1. The first kappa shape index (κ1) is 17.5. The Kier molecular flexibility index (Phi) is 5.79. The minimum atomic E-state index is -0.694. The van der Waals surface area contributed by atoms with E-state index in [1.165, 1.54) is 0 Å². The van der Waals surface area contributed by atoms with Crippen LogP contribution in [0.1, 0.15) is 41.5 Å². The summed E-state index contributed by atoms with van der Waals surface area (Å²) in [6.07, 6.45) is -1.10. The zero-order valence-corrected chi connectivity index (χ0v) is 13.7. The highest BCUT2D eigenvalue weighted by molar-refractivity contribution is 5.99. The Bertz CT molecular complexity index is 453. The molecule has 1 amide bonds. The number of hydrogen-bond donors (Lipinski definition) is 0. The van der Waals surface area contributed by atoms with E-state index in [4.69, 9.17) is 9.47 Å². The van der Waals surface area contributed by atoms with Gasteiger partial charge in [-0.1, -0.05) is 19.8 Å². The predicted octanol–water partition coefficient (Wildman–Crippen LogP) is 2.24. The Labute approximate surface area is 127 Å². The zero-order valence-electron chi connectivity index (χ0n) is 13.7. The van der Waals surface area contributed by atoms with E-state index in [0.717, 1.165) is 0 Å². The number of nitrogens with zero attached hydrogens (tertiary/aromatic N) is 1. The summed E-state index contributed by atoms with van der Waals surface area (Å²) in [4.78, 5) is 25.8. The van der Waals surface area contributed by atoms with Gasteiger partial charge in [0, 0.05) is 0 Å². The lowest BCUT2D eigenvalue weighted by Crippen LogP contribution is -2.57. The molecule has 1 unspecified atom stereocenters. The van der Waals surface area contributed by atoms with Crippen molar-refractivity contribution in [2.24, 2.45) is 5.92 Å². The maximum absolute atomic E-state index is 12.4. The lowest BCUT2D eigenvalue weighted by atomic mass is 10.0. The van der Waals surface area contributed by atoms with E-state index >= 15 is 0 Å². The van der Waals surface area contributed by atoms with Crippen LogP contribution in [0.4, 0.5) is 4.79 Å². The Balaban J connectivity index is 2.88. The first-order valence-electron chi connectivity index (χ1n) is 7.23. The largest absolute Gasteiger partial charge is 0.444 e. The molecule has 118 valence electrons. The van der Waals surface area contributed by atoms with Gasteiger partial charge in [0.1, 0.15) is 11.7 Å². The van der Waals surface area contributed by atoms with Crippen LogP contribution in [0, 0.1) is 17.8 Å². The third-order valence-corrected chi connectivity index (χ3v) is 3.17. The number of rotatable bonds is 2. The molecule has 21 heavy (non-hydrogen) atoms. The molecular formula is C16H25NO4. The summed E-state index contributed by atoms with van der Waals surface area (Å²) >= 11 is 0. The van der Waals surface area contributed by atoms with E-state index in [-0.39, 0.29) is 24.3 Å². The summed E-state index contributed by atoms with van der Waals surface area (Å²) in [5.41, 5.74) is -0.570. The van der Waals surface area contributed by atoms with Crippen molar-refractivity contribution in [2.75, 3.05) is 13.2 Å². The SMILES string of the molecule is CC#CC(=O)C1CN(C(=O)OC(C)(C)C)[C@@H](C(C)C)CO1. The molecule has 0 bridgehead atoms. The van der Waals surface area contributed by atoms with Crippen molar-refractivity contribution in [3.8, 4) is 11.8 Å². The quantitative estimate of drug-likeness (QED) is 0.579. The first-order chi connectivity index (χ1) is 9.65. The third-order valence-electron chi connectivity index (χ3n) is 3.17. The number of carbonyl (C=O) groups is 2. The van der Waals surface area contributed by atoms with Crippen molar-refractivity contribution in [3.63, 3.8) is 0 Å². The van der Waals surface area contributed by atoms with Gasteiger partial charge < -0.3 is 9.47 Å². The summed E-state index contributed by atoms with van der Waals surface area (Å²) in [7, 11) is 0. The summed E-state index contributed by atoms with van der Waals surface area (Å²) in [5.74, 6) is 4.96. The van der Waals surface area contributed by atoms with Crippen LogP contribution in [0.25, 0.3) is 0 Å². The number of ketones is 1. The van der Waals surface area contributed by atoms with Gasteiger partial charge in [0.15, 0.2) is 0 Å². The van der Waals surface area contributed by atoms with Crippen LogP contribution < -0.4 is 0 Å². The molecule has 1 heterocycles. The number of ether oxygens (including phenoxy) is 2. The topological polar surface area (TPSA) is 55.8 Å². The van der Waals surface area contributed by atoms with Crippen molar-refractivity contribution in [2.45, 2.75) is 59.3 Å². The molecule has 1 aliphatic rings.